The smallest absolute Gasteiger partial charge is 0.103 e. The molecule has 1 aromatic rings. The molecule has 1 aliphatic heterocycles. The molecule has 0 aromatic carbocycles. The first-order valence-corrected chi connectivity index (χ1v) is 7.90. The highest BCUT2D eigenvalue weighted by atomic mass is 79.9. The fourth-order valence-corrected chi connectivity index (χ4v) is 4.08. The molecule has 0 aliphatic carbocycles. The first kappa shape index (κ1) is 13.5. The van der Waals surface area contributed by atoms with Crippen LogP contribution in [0.2, 0.25) is 0 Å². The first-order valence-electron chi connectivity index (χ1n) is 6.29. The fourth-order valence-electron chi connectivity index (χ4n) is 2.47. The maximum Gasteiger partial charge on any atom is 0.103 e. The van der Waals surface area contributed by atoms with Gasteiger partial charge in [-0.15, -0.1) is 11.3 Å². The molecule has 0 bridgehead atoms. The quantitative estimate of drug-likeness (QED) is 0.892. The van der Waals surface area contributed by atoms with Crippen molar-refractivity contribution in [1.82, 2.24) is 5.32 Å². The average molecular weight is 318 g/mol. The molecule has 0 spiro atoms. The van der Waals surface area contributed by atoms with Gasteiger partial charge in [0.05, 0.1) is 0 Å². The van der Waals surface area contributed by atoms with Crippen molar-refractivity contribution in [2.75, 3.05) is 6.54 Å². The molecule has 2 heterocycles. The maximum absolute atomic E-state index is 10.4. The summed E-state index contributed by atoms with van der Waals surface area (Å²) in [4.78, 5) is 2.31. The van der Waals surface area contributed by atoms with Gasteiger partial charge in [-0.25, -0.2) is 0 Å². The molecule has 96 valence electrons. The second-order valence-corrected chi connectivity index (χ2v) is 7.00. The van der Waals surface area contributed by atoms with Gasteiger partial charge in [-0.2, -0.15) is 0 Å². The van der Waals surface area contributed by atoms with Gasteiger partial charge in [-0.1, -0.05) is 13.3 Å². The second kappa shape index (κ2) is 5.83. The topological polar surface area (TPSA) is 32.3 Å². The van der Waals surface area contributed by atoms with E-state index < -0.39 is 0 Å². The molecule has 2 rings (SSSR count). The lowest BCUT2D eigenvalue weighted by atomic mass is 9.88. The lowest BCUT2D eigenvalue weighted by molar-refractivity contribution is 0.101. The molecule has 3 unspecified atom stereocenters. The maximum atomic E-state index is 10.4. The summed E-state index contributed by atoms with van der Waals surface area (Å²) in [6.45, 7) is 5.35. The highest BCUT2D eigenvalue weighted by Crippen LogP contribution is 2.34. The molecule has 17 heavy (non-hydrogen) atoms. The van der Waals surface area contributed by atoms with Gasteiger partial charge in [0.2, 0.25) is 0 Å². The van der Waals surface area contributed by atoms with Gasteiger partial charge in [0.1, 0.15) is 6.10 Å². The van der Waals surface area contributed by atoms with Crippen molar-refractivity contribution in [1.29, 1.82) is 0 Å². The number of aryl methyl sites for hydroxylation is 1. The standard InChI is InChI=1S/C13H20BrNOS/c1-3-9-4-5-15-11(6-9)13(16)12-7-10(14)8(2)17-12/h7,9,11,13,15-16H,3-6H2,1-2H3. The fraction of sp³-hybridized carbons (Fsp3) is 0.692. The predicted octanol–water partition coefficient (Wildman–Crippen LogP) is 3.63. The van der Waals surface area contributed by atoms with Gasteiger partial charge >= 0.3 is 0 Å². The van der Waals surface area contributed by atoms with Crippen molar-refractivity contribution >= 4 is 27.3 Å². The van der Waals surface area contributed by atoms with Gasteiger partial charge < -0.3 is 10.4 Å². The van der Waals surface area contributed by atoms with Crippen LogP contribution in [-0.4, -0.2) is 17.7 Å². The molecule has 1 aromatic heterocycles. The number of thiophene rings is 1. The molecule has 3 atom stereocenters. The molecule has 4 heteroatoms. The van der Waals surface area contributed by atoms with Crippen molar-refractivity contribution in [3.05, 3.63) is 20.3 Å². The van der Waals surface area contributed by atoms with Crippen LogP contribution in [0.3, 0.4) is 0 Å². The summed E-state index contributed by atoms with van der Waals surface area (Å²) in [5, 5.41) is 13.9. The van der Waals surface area contributed by atoms with Crippen LogP contribution < -0.4 is 5.32 Å². The summed E-state index contributed by atoms with van der Waals surface area (Å²) in [5.41, 5.74) is 0. The number of hydrogen-bond acceptors (Lipinski definition) is 3. The largest absolute Gasteiger partial charge is 0.386 e. The molecule has 2 nitrogen and oxygen atoms in total. The second-order valence-electron chi connectivity index (χ2n) is 4.86. The average Bonchev–Trinajstić information content (AvgIpc) is 2.69. The summed E-state index contributed by atoms with van der Waals surface area (Å²) >= 11 is 5.20. The van der Waals surface area contributed by atoms with Gasteiger partial charge in [0, 0.05) is 20.3 Å². The zero-order chi connectivity index (χ0) is 12.4. The molecule has 1 aliphatic rings. The van der Waals surface area contributed by atoms with Crippen LogP contribution in [0.1, 0.15) is 42.0 Å². The highest BCUT2D eigenvalue weighted by molar-refractivity contribution is 9.10. The Morgan fingerprint density at radius 2 is 2.41 bits per heavy atom. The number of hydrogen-bond donors (Lipinski definition) is 2. The van der Waals surface area contributed by atoms with Crippen LogP contribution in [-0.2, 0) is 0 Å². The van der Waals surface area contributed by atoms with E-state index in [1.54, 1.807) is 11.3 Å². The monoisotopic (exact) mass is 317 g/mol. The Hall–Kier alpha value is 0.1000. The van der Waals surface area contributed by atoms with Gasteiger partial charge in [0.15, 0.2) is 0 Å². The summed E-state index contributed by atoms with van der Waals surface area (Å²) in [7, 11) is 0. The lowest BCUT2D eigenvalue weighted by Crippen LogP contribution is -2.41. The Morgan fingerprint density at radius 3 is 3.00 bits per heavy atom. The number of aliphatic hydroxyl groups is 1. The summed E-state index contributed by atoms with van der Waals surface area (Å²) in [6.07, 6.45) is 3.19. The number of piperidine rings is 1. The lowest BCUT2D eigenvalue weighted by Gasteiger charge is -2.32. The third-order valence-corrected chi connectivity index (χ3v) is 5.88. The van der Waals surface area contributed by atoms with Crippen molar-refractivity contribution < 1.29 is 5.11 Å². The van der Waals surface area contributed by atoms with E-state index in [4.69, 9.17) is 0 Å². The van der Waals surface area contributed by atoms with E-state index >= 15 is 0 Å². The molecule has 2 N–H and O–H groups in total. The molecule has 0 amide bonds. The minimum atomic E-state index is -0.362. The minimum Gasteiger partial charge on any atom is -0.386 e. The number of aliphatic hydroxyl groups excluding tert-OH is 1. The zero-order valence-corrected chi connectivity index (χ0v) is 12.8. The Labute approximate surface area is 116 Å². The minimum absolute atomic E-state index is 0.221. The zero-order valence-electron chi connectivity index (χ0n) is 10.4. The van der Waals surface area contributed by atoms with Crippen LogP contribution in [0.15, 0.2) is 10.5 Å². The summed E-state index contributed by atoms with van der Waals surface area (Å²) < 4.78 is 1.11. The van der Waals surface area contributed by atoms with E-state index in [2.05, 4.69) is 41.2 Å². The van der Waals surface area contributed by atoms with Crippen LogP contribution in [0.4, 0.5) is 0 Å². The van der Waals surface area contributed by atoms with Crippen LogP contribution in [0.25, 0.3) is 0 Å². The van der Waals surface area contributed by atoms with Crippen molar-refractivity contribution in [2.45, 2.75) is 45.3 Å². The normalized spacial score (nSPS) is 27.1. The van der Waals surface area contributed by atoms with Gasteiger partial charge in [-0.3, -0.25) is 0 Å². The van der Waals surface area contributed by atoms with Gasteiger partial charge in [-0.05, 0) is 54.2 Å². The molecule has 0 saturated carbocycles. The van der Waals surface area contributed by atoms with Crippen molar-refractivity contribution in [3.63, 3.8) is 0 Å². The highest BCUT2D eigenvalue weighted by Gasteiger charge is 2.28. The third kappa shape index (κ3) is 3.11. The van der Waals surface area contributed by atoms with E-state index in [0.717, 1.165) is 28.2 Å². The van der Waals surface area contributed by atoms with Crippen LogP contribution >= 0.6 is 27.3 Å². The summed E-state index contributed by atoms with van der Waals surface area (Å²) in [6, 6.07) is 2.28. The third-order valence-electron chi connectivity index (χ3n) is 3.67. The van der Waals surface area contributed by atoms with E-state index in [0.29, 0.717) is 0 Å². The molecular weight excluding hydrogens is 298 g/mol. The van der Waals surface area contributed by atoms with Crippen LogP contribution in [0.5, 0.6) is 0 Å². The number of rotatable bonds is 3. The first-order chi connectivity index (χ1) is 8.11. The predicted molar refractivity (Wildman–Crippen MR) is 76.5 cm³/mol. The van der Waals surface area contributed by atoms with E-state index in [1.807, 2.05) is 0 Å². The number of nitrogens with one attached hydrogen (secondary N) is 1. The number of halogens is 1. The summed E-state index contributed by atoms with van der Waals surface area (Å²) in [5.74, 6) is 0.764. The van der Waals surface area contributed by atoms with Crippen LogP contribution in [0, 0.1) is 12.8 Å². The van der Waals surface area contributed by atoms with E-state index in [-0.39, 0.29) is 12.1 Å². The van der Waals surface area contributed by atoms with Gasteiger partial charge in [0.25, 0.3) is 0 Å². The Morgan fingerprint density at radius 1 is 1.65 bits per heavy atom. The Balaban J connectivity index is 2.06. The Bertz CT molecular complexity index is 360. The van der Waals surface area contributed by atoms with Crippen molar-refractivity contribution in [2.24, 2.45) is 5.92 Å². The van der Waals surface area contributed by atoms with E-state index in [9.17, 15) is 5.11 Å². The molecule has 1 fully saturated rings. The SMILES string of the molecule is CCC1CCNC(C(O)c2cc(Br)c(C)s2)C1. The van der Waals surface area contributed by atoms with E-state index in [1.165, 1.54) is 17.7 Å². The van der Waals surface area contributed by atoms with Crippen molar-refractivity contribution in [3.8, 4) is 0 Å². The molecular formula is C13H20BrNOS. The molecule has 1 saturated heterocycles. The Kier molecular flexibility index (Phi) is 4.64. The molecule has 0 radical (unpaired) electrons.